The van der Waals surface area contributed by atoms with Crippen LogP contribution in [0.3, 0.4) is 0 Å². The zero-order chi connectivity index (χ0) is 26.4. The summed E-state index contributed by atoms with van der Waals surface area (Å²) in [4.78, 5) is 81.8. The van der Waals surface area contributed by atoms with Crippen LogP contribution in [0, 0.1) is 0 Å². The van der Waals surface area contributed by atoms with Crippen molar-refractivity contribution >= 4 is 53.3 Å². The minimum atomic E-state index is -1.73. The topological polar surface area (TPSA) is 268 Å². The summed E-state index contributed by atoms with van der Waals surface area (Å²) in [6.45, 7) is 0. The lowest BCUT2D eigenvalue weighted by Gasteiger charge is -2.24. The van der Waals surface area contributed by atoms with Crippen LogP contribution in [0.1, 0.15) is 32.1 Å². The van der Waals surface area contributed by atoms with Crippen LogP contribution >= 0.6 is 11.8 Å². The Labute approximate surface area is 198 Å². The summed E-state index contributed by atoms with van der Waals surface area (Å²) in [6.07, 6.45) is -0.718. The van der Waals surface area contributed by atoms with Crippen molar-refractivity contribution in [1.29, 1.82) is 0 Å². The van der Waals surface area contributed by atoms with Crippen LogP contribution in [0.15, 0.2) is 0 Å². The van der Waals surface area contributed by atoms with Gasteiger partial charge in [0.1, 0.15) is 18.1 Å². The number of carboxylic acids is 3. The molecule has 0 aromatic rings. The summed E-state index contributed by atoms with van der Waals surface area (Å²) in [7, 11) is 0. The quantitative estimate of drug-likeness (QED) is 0.0968. The Morgan fingerprint density at radius 1 is 0.765 bits per heavy atom. The fourth-order valence-electron chi connectivity index (χ4n) is 2.52. The van der Waals surface area contributed by atoms with Gasteiger partial charge in [-0.15, -0.1) is 0 Å². The number of hydrogen-bond donors (Lipinski definition) is 8. The van der Waals surface area contributed by atoms with E-state index in [1.165, 1.54) is 11.8 Å². The first-order chi connectivity index (χ1) is 15.8. The monoisotopic (exact) mass is 507 g/mol. The molecule has 0 aliphatic carbocycles. The Bertz CT molecular complexity index is 793. The molecular weight excluding hydrogens is 478 g/mol. The van der Waals surface area contributed by atoms with Crippen molar-refractivity contribution in [2.24, 2.45) is 11.5 Å². The second-order valence-electron chi connectivity index (χ2n) is 7.11. The van der Waals surface area contributed by atoms with E-state index in [4.69, 9.17) is 26.8 Å². The molecule has 0 heterocycles. The van der Waals surface area contributed by atoms with Crippen LogP contribution in [-0.2, 0) is 33.6 Å². The van der Waals surface area contributed by atoms with Gasteiger partial charge in [-0.1, -0.05) is 0 Å². The predicted octanol–water partition coefficient (Wildman–Crippen LogP) is -3.18. The van der Waals surface area contributed by atoms with E-state index >= 15 is 0 Å². The van der Waals surface area contributed by atoms with E-state index < -0.39 is 91.4 Å². The molecule has 0 rings (SSSR count). The molecular formula is C18H29N5O10S. The predicted molar refractivity (Wildman–Crippen MR) is 117 cm³/mol. The SMILES string of the molecule is CSCCC(N)C(=O)NC(CC(=O)O)C(=O)NC(CC(N)=O)C(=O)NC(CCC(=O)O)C(=O)O. The number of nitrogens with two attached hydrogens (primary N) is 2. The van der Waals surface area contributed by atoms with Crippen molar-refractivity contribution in [3.63, 3.8) is 0 Å². The van der Waals surface area contributed by atoms with E-state index in [0.29, 0.717) is 5.75 Å². The van der Waals surface area contributed by atoms with Crippen molar-refractivity contribution in [1.82, 2.24) is 16.0 Å². The fourth-order valence-corrected chi connectivity index (χ4v) is 3.01. The third-order valence-electron chi connectivity index (χ3n) is 4.28. The van der Waals surface area contributed by atoms with Gasteiger partial charge in [-0.25, -0.2) is 4.79 Å². The van der Waals surface area contributed by atoms with E-state index in [0.717, 1.165) is 0 Å². The largest absolute Gasteiger partial charge is 0.481 e. The Balaban J connectivity index is 5.50. The average molecular weight is 508 g/mol. The number of aliphatic carboxylic acids is 3. The number of thioether (sulfide) groups is 1. The van der Waals surface area contributed by atoms with Crippen molar-refractivity contribution in [2.75, 3.05) is 12.0 Å². The number of rotatable bonds is 17. The first-order valence-electron chi connectivity index (χ1n) is 9.88. The Hall–Kier alpha value is -3.40. The number of carbonyl (C=O) groups excluding carboxylic acids is 4. The van der Waals surface area contributed by atoms with E-state index in [-0.39, 0.29) is 6.42 Å². The number of carboxylic acid groups (broad SMARTS) is 3. The Morgan fingerprint density at radius 2 is 1.26 bits per heavy atom. The van der Waals surface area contributed by atoms with E-state index in [2.05, 4.69) is 10.6 Å². The summed E-state index contributed by atoms with van der Waals surface area (Å²) in [5.74, 6) is -8.03. The lowest BCUT2D eigenvalue weighted by molar-refractivity contribution is -0.144. The number of nitrogens with one attached hydrogen (secondary N) is 3. The van der Waals surface area contributed by atoms with Gasteiger partial charge in [-0.2, -0.15) is 11.8 Å². The first kappa shape index (κ1) is 30.6. The smallest absolute Gasteiger partial charge is 0.326 e. The fraction of sp³-hybridized carbons (Fsp3) is 0.611. The van der Waals surface area contributed by atoms with Crippen LogP contribution in [0.5, 0.6) is 0 Å². The van der Waals surface area contributed by atoms with Crippen molar-refractivity contribution in [2.45, 2.75) is 56.3 Å². The zero-order valence-electron chi connectivity index (χ0n) is 18.3. The number of primary amides is 1. The minimum absolute atomic E-state index is 0.244. The molecule has 34 heavy (non-hydrogen) atoms. The van der Waals surface area contributed by atoms with Gasteiger partial charge in [0.2, 0.25) is 23.6 Å². The third-order valence-corrected chi connectivity index (χ3v) is 4.93. The lowest BCUT2D eigenvalue weighted by Crippen LogP contribution is -2.58. The van der Waals surface area contributed by atoms with Gasteiger partial charge < -0.3 is 42.7 Å². The number of hydrogen-bond acceptors (Lipinski definition) is 9. The van der Waals surface area contributed by atoms with Gasteiger partial charge >= 0.3 is 17.9 Å². The molecule has 0 aliphatic rings. The molecule has 0 aliphatic heterocycles. The molecule has 10 N–H and O–H groups in total. The molecule has 0 fully saturated rings. The zero-order valence-corrected chi connectivity index (χ0v) is 19.1. The molecule has 0 spiro atoms. The van der Waals surface area contributed by atoms with Crippen LogP contribution in [0.4, 0.5) is 0 Å². The molecule has 192 valence electrons. The van der Waals surface area contributed by atoms with Gasteiger partial charge in [0.25, 0.3) is 0 Å². The number of amides is 4. The summed E-state index contributed by atoms with van der Waals surface area (Å²) in [5.41, 5.74) is 10.8. The normalized spacial score (nSPS) is 14.1. The maximum atomic E-state index is 12.6. The highest BCUT2D eigenvalue weighted by molar-refractivity contribution is 7.98. The summed E-state index contributed by atoms with van der Waals surface area (Å²) in [5, 5.41) is 33.2. The molecule has 4 atom stereocenters. The molecule has 0 aromatic carbocycles. The lowest BCUT2D eigenvalue weighted by atomic mass is 10.1. The second-order valence-corrected chi connectivity index (χ2v) is 8.10. The molecule has 16 heteroatoms. The second kappa shape index (κ2) is 15.4. The van der Waals surface area contributed by atoms with Crippen molar-refractivity contribution in [3.05, 3.63) is 0 Å². The Morgan fingerprint density at radius 3 is 1.71 bits per heavy atom. The standard InChI is InChI=1S/C18H29N5O10S/c1-34-5-4-8(19)15(29)22-11(7-14(27)28)17(31)23-10(6-12(20)24)16(30)21-9(18(32)33)2-3-13(25)26/h8-11H,2-7,19H2,1H3,(H2,20,24)(H,21,30)(H,22,29)(H,23,31)(H,25,26)(H,27,28)(H,32,33). The first-order valence-corrected chi connectivity index (χ1v) is 11.3. The maximum Gasteiger partial charge on any atom is 0.326 e. The van der Waals surface area contributed by atoms with Gasteiger partial charge in [-0.05, 0) is 24.9 Å². The van der Waals surface area contributed by atoms with Gasteiger partial charge in [0.15, 0.2) is 0 Å². The van der Waals surface area contributed by atoms with Gasteiger partial charge in [0.05, 0.1) is 18.9 Å². The van der Waals surface area contributed by atoms with Crippen LogP contribution < -0.4 is 27.4 Å². The van der Waals surface area contributed by atoms with Crippen molar-refractivity contribution < 1.29 is 48.9 Å². The van der Waals surface area contributed by atoms with Gasteiger partial charge in [0, 0.05) is 6.42 Å². The highest BCUT2D eigenvalue weighted by Gasteiger charge is 2.32. The highest BCUT2D eigenvalue weighted by Crippen LogP contribution is 2.04. The summed E-state index contributed by atoms with van der Waals surface area (Å²) in [6, 6.07) is -6.09. The van der Waals surface area contributed by atoms with Crippen molar-refractivity contribution in [3.8, 4) is 0 Å². The van der Waals surface area contributed by atoms with E-state index in [9.17, 15) is 33.6 Å². The maximum absolute atomic E-state index is 12.6. The molecule has 0 bridgehead atoms. The molecule has 0 radical (unpaired) electrons. The van der Waals surface area contributed by atoms with E-state index in [1.54, 1.807) is 6.26 Å². The molecule has 4 amide bonds. The van der Waals surface area contributed by atoms with E-state index in [1.807, 2.05) is 5.32 Å². The summed E-state index contributed by atoms with van der Waals surface area (Å²) < 4.78 is 0. The number of carbonyl (C=O) groups is 7. The van der Waals surface area contributed by atoms with Crippen LogP contribution in [-0.4, -0.2) is 93.0 Å². The molecule has 15 nitrogen and oxygen atoms in total. The third kappa shape index (κ3) is 12.6. The Kier molecular flexibility index (Phi) is 13.9. The highest BCUT2D eigenvalue weighted by atomic mass is 32.2. The molecule has 0 saturated carbocycles. The minimum Gasteiger partial charge on any atom is -0.481 e. The summed E-state index contributed by atoms with van der Waals surface area (Å²) >= 11 is 1.42. The molecule has 0 aromatic heterocycles. The van der Waals surface area contributed by atoms with Crippen LogP contribution in [0.25, 0.3) is 0 Å². The average Bonchev–Trinajstić information content (AvgIpc) is 2.72. The molecule has 0 saturated heterocycles. The van der Waals surface area contributed by atoms with Gasteiger partial charge in [-0.3, -0.25) is 28.8 Å². The van der Waals surface area contributed by atoms with Crippen LogP contribution in [0.2, 0.25) is 0 Å². The molecule has 4 unspecified atom stereocenters.